The van der Waals surface area contributed by atoms with E-state index >= 15 is 0 Å². The molecule has 0 spiro atoms. The molecule has 0 fully saturated rings. The van der Waals surface area contributed by atoms with Crippen molar-refractivity contribution in [3.05, 3.63) is 63.7 Å². The minimum absolute atomic E-state index is 0.0683. The SMILES string of the molecule is Cc1cccc(C)c1COc1c(C)cc(CO)cc1C. The van der Waals surface area contributed by atoms with Gasteiger partial charge in [-0.25, -0.2) is 0 Å². The molecule has 2 aromatic carbocycles. The van der Waals surface area contributed by atoms with E-state index in [0.29, 0.717) is 6.61 Å². The third kappa shape index (κ3) is 3.02. The van der Waals surface area contributed by atoms with Crippen LogP contribution in [0.15, 0.2) is 30.3 Å². The third-order valence-corrected chi connectivity index (χ3v) is 3.71. The predicted molar refractivity (Wildman–Crippen MR) is 82.1 cm³/mol. The van der Waals surface area contributed by atoms with Crippen molar-refractivity contribution in [2.75, 3.05) is 0 Å². The molecule has 20 heavy (non-hydrogen) atoms. The Hall–Kier alpha value is -1.80. The van der Waals surface area contributed by atoms with E-state index in [4.69, 9.17) is 4.74 Å². The van der Waals surface area contributed by atoms with E-state index in [1.54, 1.807) is 0 Å². The van der Waals surface area contributed by atoms with Crippen LogP contribution in [0.25, 0.3) is 0 Å². The average molecular weight is 270 g/mol. The zero-order chi connectivity index (χ0) is 14.7. The Labute approximate surface area is 121 Å². The van der Waals surface area contributed by atoms with E-state index in [1.165, 1.54) is 16.7 Å². The summed E-state index contributed by atoms with van der Waals surface area (Å²) in [6.07, 6.45) is 0. The van der Waals surface area contributed by atoms with Crippen molar-refractivity contribution in [2.24, 2.45) is 0 Å². The van der Waals surface area contributed by atoms with Crippen molar-refractivity contribution in [1.29, 1.82) is 0 Å². The third-order valence-electron chi connectivity index (χ3n) is 3.71. The van der Waals surface area contributed by atoms with Crippen LogP contribution in [0.5, 0.6) is 5.75 Å². The monoisotopic (exact) mass is 270 g/mol. The number of aliphatic hydroxyl groups excluding tert-OH is 1. The van der Waals surface area contributed by atoms with Gasteiger partial charge in [0.1, 0.15) is 12.4 Å². The second-order valence-corrected chi connectivity index (χ2v) is 5.38. The van der Waals surface area contributed by atoms with Crippen molar-refractivity contribution in [3.63, 3.8) is 0 Å². The Kier molecular flexibility index (Phi) is 4.46. The van der Waals surface area contributed by atoms with Gasteiger partial charge in [0.2, 0.25) is 0 Å². The number of hydrogen-bond donors (Lipinski definition) is 1. The highest BCUT2D eigenvalue weighted by Crippen LogP contribution is 2.26. The Morgan fingerprint density at radius 2 is 1.45 bits per heavy atom. The fraction of sp³-hybridized carbons (Fsp3) is 0.333. The van der Waals surface area contributed by atoms with Crippen LogP contribution < -0.4 is 4.74 Å². The molecule has 2 heteroatoms. The largest absolute Gasteiger partial charge is 0.488 e. The molecular weight excluding hydrogens is 248 g/mol. The molecule has 2 rings (SSSR count). The lowest BCUT2D eigenvalue weighted by atomic mass is 10.0. The van der Waals surface area contributed by atoms with Gasteiger partial charge in [-0.2, -0.15) is 0 Å². The standard InChI is InChI=1S/C18H22O2/c1-12-6-5-7-13(2)17(12)11-20-18-14(3)8-16(10-19)9-15(18)4/h5-9,19H,10-11H2,1-4H3. The topological polar surface area (TPSA) is 29.5 Å². The first-order valence-electron chi connectivity index (χ1n) is 6.91. The van der Waals surface area contributed by atoms with Crippen molar-refractivity contribution >= 4 is 0 Å². The van der Waals surface area contributed by atoms with Gasteiger partial charge in [-0.15, -0.1) is 0 Å². The van der Waals surface area contributed by atoms with E-state index in [2.05, 4.69) is 32.0 Å². The summed E-state index contributed by atoms with van der Waals surface area (Å²) < 4.78 is 6.03. The summed E-state index contributed by atoms with van der Waals surface area (Å²) in [6.45, 7) is 8.91. The Morgan fingerprint density at radius 3 is 1.95 bits per heavy atom. The first-order valence-corrected chi connectivity index (χ1v) is 6.91. The molecule has 0 aliphatic carbocycles. The smallest absolute Gasteiger partial charge is 0.125 e. The van der Waals surface area contributed by atoms with Gasteiger partial charge >= 0.3 is 0 Å². The zero-order valence-electron chi connectivity index (χ0n) is 12.7. The van der Waals surface area contributed by atoms with E-state index in [-0.39, 0.29) is 6.61 Å². The number of aryl methyl sites for hydroxylation is 4. The normalized spacial score (nSPS) is 10.7. The first-order chi connectivity index (χ1) is 9.52. The van der Waals surface area contributed by atoms with Gasteiger partial charge < -0.3 is 9.84 Å². The predicted octanol–water partition coefficient (Wildman–Crippen LogP) is 3.99. The highest BCUT2D eigenvalue weighted by molar-refractivity contribution is 5.43. The van der Waals surface area contributed by atoms with Gasteiger partial charge in [0, 0.05) is 0 Å². The summed E-state index contributed by atoms with van der Waals surface area (Å²) in [5.41, 5.74) is 6.83. The summed E-state index contributed by atoms with van der Waals surface area (Å²) in [6, 6.07) is 10.3. The quantitative estimate of drug-likeness (QED) is 0.910. The van der Waals surface area contributed by atoms with E-state index in [1.807, 2.05) is 26.0 Å². The van der Waals surface area contributed by atoms with Gasteiger partial charge in [0.15, 0.2) is 0 Å². The Bertz CT molecular complexity index is 572. The van der Waals surface area contributed by atoms with Crippen LogP contribution in [-0.4, -0.2) is 5.11 Å². The molecule has 0 heterocycles. The zero-order valence-corrected chi connectivity index (χ0v) is 12.7. The molecule has 2 nitrogen and oxygen atoms in total. The van der Waals surface area contributed by atoms with Gasteiger partial charge in [-0.1, -0.05) is 30.3 Å². The molecule has 0 unspecified atom stereocenters. The van der Waals surface area contributed by atoms with Crippen molar-refractivity contribution in [2.45, 2.75) is 40.9 Å². The maximum atomic E-state index is 9.22. The highest BCUT2D eigenvalue weighted by Gasteiger charge is 2.08. The molecule has 0 aliphatic heterocycles. The minimum Gasteiger partial charge on any atom is -0.488 e. The molecule has 0 radical (unpaired) electrons. The second kappa shape index (κ2) is 6.10. The van der Waals surface area contributed by atoms with Crippen molar-refractivity contribution < 1.29 is 9.84 Å². The molecule has 0 amide bonds. The number of aliphatic hydroxyl groups is 1. The van der Waals surface area contributed by atoms with Gasteiger partial charge in [-0.05, 0) is 61.1 Å². The molecule has 0 atom stereocenters. The van der Waals surface area contributed by atoms with Crippen molar-refractivity contribution in [3.8, 4) is 5.75 Å². The summed E-state index contributed by atoms with van der Waals surface area (Å²) >= 11 is 0. The van der Waals surface area contributed by atoms with Gasteiger partial charge in [0.05, 0.1) is 6.61 Å². The fourth-order valence-electron chi connectivity index (χ4n) is 2.58. The number of hydrogen-bond acceptors (Lipinski definition) is 2. The van der Waals surface area contributed by atoms with Crippen LogP contribution in [0.4, 0.5) is 0 Å². The van der Waals surface area contributed by atoms with Crippen LogP contribution >= 0.6 is 0 Å². The van der Waals surface area contributed by atoms with E-state index in [0.717, 1.165) is 22.4 Å². The van der Waals surface area contributed by atoms with Gasteiger partial charge in [-0.3, -0.25) is 0 Å². The molecule has 2 aromatic rings. The molecule has 0 saturated heterocycles. The fourth-order valence-corrected chi connectivity index (χ4v) is 2.58. The Morgan fingerprint density at radius 1 is 0.900 bits per heavy atom. The summed E-state index contributed by atoms with van der Waals surface area (Å²) in [4.78, 5) is 0. The number of benzene rings is 2. The van der Waals surface area contributed by atoms with E-state index < -0.39 is 0 Å². The van der Waals surface area contributed by atoms with E-state index in [9.17, 15) is 5.11 Å². The van der Waals surface area contributed by atoms with Gasteiger partial charge in [0.25, 0.3) is 0 Å². The maximum Gasteiger partial charge on any atom is 0.125 e. The molecule has 106 valence electrons. The average Bonchev–Trinajstić information content (AvgIpc) is 2.40. The number of ether oxygens (including phenoxy) is 1. The molecule has 1 N–H and O–H groups in total. The Balaban J connectivity index is 2.23. The first kappa shape index (κ1) is 14.6. The summed E-state index contributed by atoms with van der Waals surface area (Å²) in [7, 11) is 0. The second-order valence-electron chi connectivity index (χ2n) is 5.38. The summed E-state index contributed by atoms with van der Waals surface area (Å²) in [5.74, 6) is 0.921. The lowest BCUT2D eigenvalue weighted by Crippen LogP contribution is -2.03. The lowest BCUT2D eigenvalue weighted by molar-refractivity contribution is 0.280. The molecule has 0 aliphatic rings. The molecule has 0 bridgehead atoms. The van der Waals surface area contributed by atoms with Crippen LogP contribution in [0.3, 0.4) is 0 Å². The molecule has 0 saturated carbocycles. The van der Waals surface area contributed by atoms with Crippen LogP contribution in [0, 0.1) is 27.7 Å². The van der Waals surface area contributed by atoms with Crippen molar-refractivity contribution in [1.82, 2.24) is 0 Å². The number of rotatable bonds is 4. The van der Waals surface area contributed by atoms with Crippen LogP contribution in [0.2, 0.25) is 0 Å². The highest BCUT2D eigenvalue weighted by atomic mass is 16.5. The van der Waals surface area contributed by atoms with Crippen LogP contribution in [-0.2, 0) is 13.2 Å². The summed E-state index contributed by atoms with van der Waals surface area (Å²) in [5, 5.41) is 9.22. The lowest BCUT2D eigenvalue weighted by Gasteiger charge is -2.16. The molecule has 0 aromatic heterocycles. The minimum atomic E-state index is 0.0683. The molecular formula is C18H22O2. The maximum absolute atomic E-state index is 9.22. The van der Waals surface area contributed by atoms with Crippen LogP contribution in [0.1, 0.15) is 33.4 Å².